The van der Waals surface area contributed by atoms with E-state index in [4.69, 9.17) is 11.6 Å². The molecule has 2 heterocycles. The molecule has 0 saturated heterocycles. The fourth-order valence-corrected chi connectivity index (χ4v) is 3.18. The number of hydrogen-bond donors (Lipinski definition) is 1. The first-order valence-electron chi connectivity index (χ1n) is 7.62. The number of hydrogen-bond acceptors (Lipinski definition) is 1. The van der Waals surface area contributed by atoms with Crippen LogP contribution in [0, 0.1) is 5.41 Å². The molecular formula is C18H21ClN2O. The zero-order valence-electron chi connectivity index (χ0n) is 13.2. The van der Waals surface area contributed by atoms with Gasteiger partial charge in [0.05, 0.1) is 10.5 Å². The molecule has 116 valence electrons. The van der Waals surface area contributed by atoms with Gasteiger partial charge in [0.1, 0.15) is 0 Å². The first kappa shape index (κ1) is 15.2. The third kappa shape index (κ3) is 2.66. The van der Waals surface area contributed by atoms with Gasteiger partial charge in [0.2, 0.25) is 5.91 Å². The number of fused-ring (bicyclic) bond motifs is 1. The van der Waals surface area contributed by atoms with Crippen LogP contribution < -0.4 is 0 Å². The molecule has 3 nitrogen and oxygen atoms in total. The summed E-state index contributed by atoms with van der Waals surface area (Å²) < 4.78 is 0. The number of carbonyl (C=O) groups is 1. The van der Waals surface area contributed by atoms with Crippen molar-refractivity contribution in [3.63, 3.8) is 0 Å². The van der Waals surface area contributed by atoms with Gasteiger partial charge in [0.25, 0.3) is 0 Å². The Bertz CT molecular complexity index is 752. The minimum atomic E-state index is -0.320. The lowest BCUT2D eigenvalue weighted by atomic mass is 9.92. The number of benzene rings is 1. The molecule has 0 unspecified atom stereocenters. The standard InChI is InChI=1S/C18H21ClN2O/c1-18(2,3)17(22)21-9-7-12(8-10-21)14-11-20-16-13(14)5-4-6-15(16)19/h4-7,11,20H,8-10H2,1-3H3. The summed E-state index contributed by atoms with van der Waals surface area (Å²) in [7, 11) is 0. The molecular weight excluding hydrogens is 296 g/mol. The van der Waals surface area contributed by atoms with Crippen molar-refractivity contribution in [1.29, 1.82) is 0 Å². The molecule has 3 rings (SSSR count). The lowest BCUT2D eigenvalue weighted by Gasteiger charge is -2.32. The van der Waals surface area contributed by atoms with Gasteiger partial charge in [-0.3, -0.25) is 4.79 Å². The van der Waals surface area contributed by atoms with Gasteiger partial charge in [-0.15, -0.1) is 0 Å². The number of carbonyl (C=O) groups excluding carboxylic acids is 1. The van der Waals surface area contributed by atoms with Crippen LogP contribution in [0.3, 0.4) is 0 Å². The number of amides is 1. The number of halogens is 1. The average molecular weight is 317 g/mol. The van der Waals surface area contributed by atoms with E-state index in [9.17, 15) is 4.79 Å². The molecule has 0 spiro atoms. The van der Waals surface area contributed by atoms with Gasteiger partial charge in [0, 0.05) is 35.7 Å². The van der Waals surface area contributed by atoms with Crippen LogP contribution >= 0.6 is 11.6 Å². The molecule has 0 saturated carbocycles. The van der Waals surface area contributed by atoms with Crippen molar-refractivity contribution in [1.82, 2.24) is 9.88 Å². The van der Waals surface area contributed by atoms with Crippen LogP contribution in [-0.2, 0) is 4.79 Å². The van der Waals surface area contributed by atoms with Crippen LogP contribution in [0.25, 0.3) is 16.5 Å². The number of aromatic nitrogens is 1. The van der Waals surface area contributed by atoms with Crippen molar-refractivity contribution in [2.75, 3.05) is 13.1 Å². The maximum atomic E-state index is 12.3. The molecule has 22 heavy (non-hydrogen) atoms. The van der Waals surface area contributed by atoms with E-state index < -0.39 is 0 Å². The van der Waals surface area contributed by atoms with E-state index in [0.29, 0.717) is 6.54 Å². The van der Waals surface area contributed by atoms with Crippen LogP contribution in [0.2, 0.25) is 5.02 Å². The highest BCUT2D eigenvalue weighted by atomic mass is 35.5. The molecule has 0 aliphatic carbocycles. The Labute approximate surface area is 136 Å². The minimum Gasteiger partial charge on any atom is -0.359 e. The lowest BCUT2D eigenvalue weighted by Crippen LogP contribution is -2.41. The summed E-state index contributed by atoms with van der Waals surface area (Å²) >= 11 is 6.22. The molecule has 0 radical (unpaired) electrons. The number of nitrogens with one attached hydrogen (secondary N) is 1. The summed E-state index contributed by atoms with van der Waals surface area (Å²) in [6.07, 6.45) is 5.06. The van der Waals surface area contributed by atoms with E-state index in [0.717, 1.165) is 28.9 Å². The first-order chi connectivity index (χ1) is 10.4. The predicted molar refractivity (Wildman–Crippen MR) is 91.9 cm³/mol. The fraction of sp³-hybridized carbons (Fsp3) is 0.389. The van der Waals surface area contributed by atoms with E-state index in [-0.39, 0.29) is 11.3 Å². The Morgan fingerprint density at radius 1 is 1.32 bits per heavy atom. The van der Waals surface area contributed by atoms with Crippen molar-refractivity contribution in [2.45, 2.75) is 27.2 Å². The summed E-state index contributed by atoms with van der Waals surface area (Å²) in [6.45, 7) is 7.36. The Kier molecular flexibility index (Phi) is 3.77. The van der Waals surface area contributed by atoms with Gasteiger partial charge in [-0.05, 0) is 18.1 Å². The second kappa shape index (κ2) is 5.47. The molecule has 1 aliphatic heterocycles. The van der Waals surface area contributed by atoms with Crippen LogP contribution in [0.1, 0.15) is 32.8 Å². The number of H-pyrrole nitrogens is 1. The Balaban J connectivity index is 1.87. The van der Waals surface area contributed by atoms with Crippen molar-refractivity contribution >= 4 is 34.0 Å². The van der Waals surface area contributed by atoms with Gasteiger partial charge < -0.3 is 9.88 Å². The number of aromatic amines is 1. The van der Waals surface area contributed by atoms with Crippen molar-refractivity contribution in [3.05, 3.63) is 41.1 Å². The van der Waals surface area contributed by atoms with E-state index >= 15 is 0 Å². The van der Waals surface area contributed by atoms with Gasteiger partial charge in [-0.25, -0.2) is 0 Å². The first-order valence-corrected chi connectivity index (χ1v) is 8.00. The smallest absolute Gasteiger partial charge is 0.228 e. The quantitative estimate of drug-likeness (QED) is 0.827. The van der Waals surface area contributed by atoms with E-state index in [1.54, 1.807) is 0 Å². The van der Waals surface area contributed by atoms with E-state index in [1.165, 1.54) is 11.1 Å². The molecule has 1 aliphatic rings. The topological polar surface area (TPSA) is 36.1 Å². The summed E-state index contributed by atoms with van der Waals surface area (Å²) in [6, 6.07) is 5.95. The third-order valence-electron chi connectivity index (χ3n) is 4.15. The molecule has 2 aromatic rings. The normalized spacial score (nSPS) is 16.0. The highest BCUT2D eigenvalue weighted by molar-refractivity contribution is 6.35. The highest BCUT2D eigenvalue weighted by Crippen LogP contribution is 2.32. The van der Waals surface area contributed by atoms with Gasteiger partial charge in [-0.1, -0.05) is 50.6 Å². The second-order valence-electron chi connectivity index (χ2n) is 6.85. The summed E-state index contributed by atoms with van der Waals surface area (Å²) in [4.78, 5) is 17.5. The number of para-hydroxylation sites is 1. The zero-order chi connectivity index (χ0) is 15.9. The minimum absolute atomic E-state index is 0.213. The molecule has 0 atom stereocenters. The number of rotatable bonds is 1. The maximum absolute atomic E-state index is 12.3. The molecule has 1 aromatic carbocycles. The Hall–Kier alpha value is -1.74. The van der Waals surface area contributed by atoms with Gasteiger partial charge in [-0.2, -0.15) is 0 Å². The largest absolute Gasteiger partial charge is 0.359 e. The van der Waals surface area contributed by atoms with Crippen molar-refractivity contribution in [3.8, 4) is 0 Å². The number of nitrogens with zero attached hydrogens (tertiary/aromatic N) is 1. The zero-order valence-corrected chi connectivity index (χ0v) is 14.0. The predicted octanol–water partition coefficient (Wildman–Crippen LogP) is 4.48. The Morgan fingerprint density at radius 2 is 2.09 bits per heavy atom. The van der Waals surface area contributed by atoms with E-state index in [1.807, 2.05) is 44.0 Å². The SMILES string of the molecule is CC(C)(C)C(=O)N1CC=C(c2c[nH]c3c(Cl)cccc23)CC1. The molecule has 1 amide bonds. The van der Waals surface area contributed by atoms with Crippen molar-refractivity contribution in [2.24, 2.45) is 5.41 Å². The molecule has 0 bridgehead atoms. The monoisotopic (exact) mass is 316 g/mol. The summed E-state index contributed by atoms with van der Waals surface area (Å²) in [5.41, 5.74) is 3.14. The summed E-state index contributed by atoms with van der Waals surface area (Å²) in [5.74, 6) is 0.213. The average Bonchev–Trinajstić information content (AvgIpc) is 2.91. The third-order valence-corrected chi connectivity index (χ3v) is 4.46. The fourth-order valence-electron chi connectivity index (χ4n) is 2.96. The van der Waals surface area contributed by atoms with Crippen LogP contribution in [0.15, 0.2) is 30.5 Å². The highest BCUT2D eigenvalue weighted by Gasteiger charge is 2.28. The van der Waals surface area contributed by atoms with Crippen LogP contribution in [0.5, 0.6) is 0 Å². The van der Waals surface area contributed by atoms with E-state index in [2.05, 4.69) is 17.1 Å². The molecule has 1 aromatic heterocycles. The van der Waals surface area contributed by atoms with Crippen LogP contribution in [-0.4, -0.2) is 28.9 Å². The summed E-state index contributed by atoms with van der Waals surface area (Å²) in [5, 5.41) is 1.89. The van der Waals surface area contributed by atoms with Gasteiger partial charge >= 0.3 is 0 Å². The van der Waals surface area contributed by atoms with Crippen molar-refractivity contribution < 1.29 is 4.79 Å². The lowest BCUT2D eigenvalue weighted by molar-refractivity contribution is -0.138. The second-order valence-corrected chi connectivity index (χ2v) is 7.25. The molecule has 4 heteroatoms. The molecule has 0 fully saturated rings. The Morgan fingerprint density at radius 3 is 2.73 bits per heavy atom. The van der Waals surface area contributed by atoms with Crippen LogP contribution in [0.4, 0.5) is 0 Å². The maximum Gasteiger partial charge on any atom is 0.228 e. The van der Waals surface area contributed by atoms with Gasteiger partial charge in [0.15, 0.2) is 0 Å². The molecule has 1 N–H and O–H groups in total.